The quantitative estimate of drug-likeness (QED) is 0.830. The highest BCUT2D eigenvalue weighted by atomic mass is 16.5. The predicted octanol–water partition coefficient (Wildman–Crippen LogP) is 1.53. The van der Waals surface area contributed by atoms with Gasteiger partial charge in [0.15, 0.2) is 6.61 Å². The summed E-state index contributed by atoms with van der Waals surface area (Å²) in [7, 11) is 0. The average Bonchev–Trinajstić information content (AvgIpc) is 3.12. The fraction of sp³-hybridized carbons (Fsp3) is 0.579. The molecule has 25 heavy (non-hydrogen) atoms. The van der Waals surface area contributed by atoms with E-state index in [4.69, 9.17) is 9.47 Å². The minimum atomic E-state index is -0.353. The van der Waals surface area contributed by atoms with Crippen molar-refractivity contribution in [1.82, 2.24) is 9.80 Å². The minimum absolute atomic E-state index is 0.0323. The van der Waals surface area contributed by atoms with Gasteiger partial charge in [0.2, 0.25) is 5.91 Å². The molecule has 2 saturated heterocycles. The van der Waals surface area contributed by atoms with Crippen LogP contribution in [-0.2, 0) is 14.3 Å². The molecule has 0 unspecified atom stereocenters. The van der Waals surface area contributed by atoms with Gasteiger partial charge in [-0.1, -0.05) is 6.07 Å². The van der Waals surface area contributed by atoms with Gasteiger partial charge in [-0.3, -0.25) is 9.59 Å². The molecular weight excluding hydrogens is 320 g/mol. The Kier molecular flexibility index (Phi) is 5.58. The third-order valence-corrected chi connectivity index (χ3v) is 5.02. The first-order valence-electron chi connectivity index (χ1n) is 8.92. The molecule has 1 aromatic carbocycles. The maximum Gasteiger partial charge on any atom is 0.261 e. The van der Waals surface area contributed by atoms with Crippen LogP contribution in [0.4, 0.5) is 0 Å². The van der Waals surface area contributed by atoms with Crippen molar-refractivity contribution in [3.63, 3.8) is 0 Å². The molecule has 0 aliphatic carbocycles. The summed E-state index contributed by atoms with van der Waals surface area (Å²) in [5.41, 5.74) is 2.32. The molecule has 0 N–H and O–H groups in total. The number of likely N-dealkylation sites (tertiary alicyclic amines) is 1. The normalized spacial score (nSPS) is 20.6. The average molecular weight is 346 g/mol. The third kappa shape index (κ3) is 4.12. The van der Waals surface area contributed by atoms with E-state index >= 15 is 0 Å². The van der Waals surface area contributed by atoms with Crippen molar-refractivity contribution in [2.24, 2.45) is 0 Å². The second-order valence-electron chi connectivity index (χ2n) is 6.72. The van der Waals surface area contributed by atoms with Crippen molar-refractivity contribution in [2.75, 3.05) is 39.5 Å². The standard InChI is InChI=1S/C19H26N2O4/c1-14-5-6-16(12-15(14)2)25-13-18(22)21-7-3-4-17(21)19(23)20-8-10-24-11-9-20/h5-6,12,17H,3-4,7-11,13H2,1-2H3/t17-/m1/s1. The van der Waals surface area contributed by atoms with E-state index in [9.17, 15) is 9.59 Å². The number of carbonyl (C=O) groups excluding carboxylic acids is 2. The van der Waals surface area contributed by atoms with Crippen LogP contribution in [0.15, 0.2) is 18.2 Å². The lowest BCUT2D eigenvalue weighted by molar-refractivity contribution is -0.147. The molecule has 1 atom stereocenters. The Morgan fingerprint density at radius 1 is 1.16 bits per heavy atom. The molecule has 1 aromatic rings. The molecule has 0 radical (unpaired) electrons. The van der Waals surface area contributed by atoms with Crippen LogP contribution in [0, 0.1) is 13.8 Å². The molecule has 2 aliphatic heterocycles. The molecule has 0 bridgehead atoms. The van der Waals surface area contributed by atoms with E-state index in [0.717, 1.165) is 18.4 Å². The van der Waals surface area contributed by atoms with E-state index in [-0.39, 0.29) is 24.5 Å². The van der Waals surface area contributed by atoms with Gasteiger partial charge in [0.25, 0.3) is 5.91 Å². The van der Waals surface area contributed by atoms with Gasteiger partial charge < -0.3 is 19.3 Å². The molecule has 3 rings (SSSR count). The van der Waals surface area contributed by atoms with E-state index in [1.165, 1.54) is 5.56 Å². The molecule has 2 fully saturated rings. The number of nitrogens with zero attached hydrogens (tertiary/aromatic N) is 2. The lowest BCUT2D eigenvalue weighted by Crippen LogP contribution is -2.51. The molecule has 2 heterocycles. The van der Waals surface area contributed by atoms with Gasteiger partial charge in [-0.15, -0.1) is 0 Å². The van der Waals surface area contributed by atoms with Gasteiger partial charge in [0, 0.05) is 19.6 Å². The maximum atomic E-state index is 12.7. The molecule has 6 heteroatoms. The second-order valence-corrected chi connectivity index (χ2v) is 6.72. The fourth-order valence-corrected chi connectivity index (χ4v) is 3.35. The van der Waals surface area contributed by atoms with E-state index in [1.54, 1.807) is 4.90 Å². The summed E-state index contributed by atoms with van der Waals surface area (Å²) in [6.45, 7) is 7.00. The van der Waals surface area contributed by atoms with Crippen molar-refractivity contribution in [1.29, 1.82) is 0 Å². The summed E-state index contributed by atoms with van der Waals surface area (Å²) in [6.07, 6.45) is 1.59. The Morgan fingerprint density at radius 2 is 1.92 bits per heavy atom. The predicted molar refractivity (Wildman–Crippen MR) is 93.5 cm³/mol. The van der Waals surface area contributed by atoms with Gasteiger partial charge in [-0.05, 0) is 49.9 Å². The summed E-state index contributed by atoms with van der Waals surface area (Å²) in [4.78, 5) is 28.8. The summed E-state index contributed by atoms with van der Waals surface area (Å²) < 4.78 is 11.0. The Balaban J connectivity index is 1.58. The van der Waals surface area contributed by atoms with E-state index in [1.807, 2.05) is 36.9 Å². The number of morpholine rings is 1. The van der Waals surface area contributed by atoms with Crippen LogP contribution in [0.25, 0.3) is 0 Å². The number of amides is 2. The highest BCUT2D eigenvalue weighted by Crippen LogP contribution is 2.21. The van der Waals surface area contributed by atoms with Crippen LogP contribution >= 0.6 is 0 Å². The zero-order chi connectivity index (χ0) is 17.8. The topological polar surface area (TPSA) is 59.1 Å². The Morgan fingerprint density at radius 3 is 2.64 bits per heavy atom. The van der Waals surface area contributed by atoms with E-state index in [2.05, 4.69) is 0 Å². The van der Waals surface area contributed by atoms with Gasteiger partial charge in [-0.2, -0.15) is 0 Å². The summed E-state index contributed by atoms with van der Waals surface area (Å²) in [6, 6.07) is 5.43. The third-order valence-electron chi connectivity index (χ3n) is 5.02. The largest absolute Gasteiger partial charge is 0.484 e. The maximum absolute atomic E-state index is 12.7. The summed E-state index contributed by atoms with van der Waals surface area (Å²) in [5.74, 6) is 0.606. The van der Waals surface area contributed by atoms with Gasteiger partial charge in [0.05, 0.1) is 13.2 Å². The van der Waals surface area contributed by atoms with Crippen molar-refractivity contribution in [2.45, 2.75) is 32.7 Å². The first-order chi connectivity index (χ1) is 12.1. The van der Waals surface area contributed by atoms with Crippen molar-refractivity contribution < 1.29 is 19.1 Å². The lowest BCUT2D eigenvalue weighted by atomic mass is 10.1. The first kappa shape index (κ1) is 17.7. The van der Waals surface area contributed by atoms with Gasteiger partial charge >= 0.3 is 0 Å². The van der Waals surface area contributed by atoms with Crippen LogP contribution in [0.1, 0.15) is 24.0 Å². The SMILES string of the molecule is Cc1ccc(OCC(=O)N2CCC[C@@H]2C(=O)N2CCOCC2)cc1C. The number of aryl methyl sites for hydroxylation is 2. The Labute approximate surface area is 148 Å². The molecule has 2 amide bonds. The van der Waals surface area contributed by atoms with Crippen LogP contribution in [-0.4, -0.2) is 67.1 Å². The minimum Gasteiger partial charge on any atom is -0.484 e. The number of hydrogen-bond acceptors (Lipinski definition) is 4. The number of carbonyl (C=O) groups is 2. The summed E-state index contributed by atoms with van der Waals surface area (Å²) >= 11 is 0. The molecule has 6 nitrogen and oxygen atoms in total. The number of hydrogen-bond donors (Lipinski definition) is 0. The van der Waals surface area contributed by atoms with Crippen LogP contribution in [0.2, 0.25) is 0 Å². The molecule has 0 spiro atoms. The highest BCUT2D eigenvalue weighted by Gasteiger charge is 2.36. The zero-order valence-corrected chi connectivity index (χ0v) is 15.0. The Hall–Kier alpha value is -2.08. The first-order valence-corrected chi connectivity index (χ1v) is 8.92. The highest BCUT2D eigenvalue weighted by molar-refractivity contribution is 5.88. The van der Waals surface area contributed by atoms with Gasteiger partial charge in [-0.25, -0.2) is 0 Å². The molecule has 2 aliphatic rings. The van der Waals surface area contributed by atoms with Gasteiger partial charge in [0.1, 0.15) is 11.8 Å². The van der Waals surface area contributed by atoms with Crippen LogP contribution in [0.5, 0.6) is 5.75 Å². The molecular formula is C19H26N2O4. The molecule has 0 aromatic heterocycles. The smallest absolute Gasteiger partial charge is 0.261 e. The number of rotatable bonds is 4. The number of benzene rings is 1. The van der Waals surface area contributed by atoms with Crippen molar-refractivity contribution >= 4 is 11.8 Å². The van der Waals surface area contributed by atoms with Crippen molar-refractivity contribution in [3.8, 4) is 5.75 Å². The monoisotopic (exact) mass is 346 g/mol. The number of ether oxygens (including phenoxy) is 2. The Bertz CT molecular complexity index is 640. The van der Waals surface area contributed by atoms with Crippen molar-refractivity contribution in [3.05, 3.63) is 29.3 Å². The second kappa shape index (κ2) is 7.87. The van der Waals surface area contributed by atoms with Crippen LogP contribution < -0.4 is 4.74 Å². The summed E-state index contributed by atoms with van der Waals surface area (Å²) in [5, 5.41) is 0. The van der Waals surface area contributed by atoms with E-state index < -0.39 is 0 Å². The van der Waals surface area contributed by atoms with Crippen LogP contribution in [0.3, 0.4) is 0 Å². The molecule has 0 saturated carbocycles. The lowest BCUT2D eigenvalue weighted by Gasteiger charge is -2.32. The van der Waals surface area contributed by atoms with E-state index in [0.29, 0.717) is 38.6 Å². The fourth-order valence-electron chi connectivity index (χ4n) is 3.35. The molecule has 136 valence electrons. The zero-order valence-electron chi connectivity index (χ0n) is 15.0.